The van der Waals surface area contributed by atoms with E-state index in [1.165, 1.54) is 11.1 Å². The number of carbonyl (C=O) groups is 2. The normalized spacial score (nSPS) is 16.6. The van der Waals surface area contributed by atoms with Crippen LogP contribution in [-0.2, 0) is 36.5 Å². The van der Waals surface area contributed by atoms with Crippen LogP contribution in [0.3, 0.4) is 0 Å². The van der Waals surface area contributed by atoms with Crippen LogP contribution in [0.15, 0.2) is 147 Å². The van der Waals surface area contributed by atoms with Crippen LogP contribution in [0.5, 0.6) is 0 Å². The van der Waals surface area contributed by atoms with E-state index < -0.39 is 0 Å². The van der Waals surface area contributed by atoms with Crippen LogP contribution in [0.2, 0.25) is 0 Å². The number of amides is 2. The standard InChI is InChI=1S/2C29H27N7O/c2*1-17-8-9-31-24(10-18-6-4-3-5-7-18)27(17)25-11-19-12-26(32-15-23(19)28(30)34-25)35-29(37)22-13-21(22)20-14-33-36(2)16-20/h2*3-9,11-12,14-16,21-22H,10,13H2,1-2H3,(H2,30,34)(H,32,35,37)/t2*21-,22+/m10/s1. The molecule has 2 aromatic carbocycles. The molecule has 12 rings (SSSR count). The number of aromatic nitrogens is 10. The summed E-state index contributed by atoms with van der Waals surface area (Å²) in [6, 6.07) is 32.2. The van der Waals surface area contributed by atoms with Crippen LogP contribution in [0.4, 0.5) is 23.3 Å². The van der Waals surface area contributed by atoms with E-state index in [-0.39, 0.29) is 35.5 Å². The summed E-state index contributed by atoms with van der Waals surface area (Å²) in [6.45, 7) is 4.11. The second-order valence-corrected chi connectivity index (χ2v) is 19.4. The number of hydrogen-bond acceptors (Lipinski definition) is 12. The van der Waals surface area contributed by atoms with Crippen molar-refractivity contribution in [1.82, 2.24) is 49.5 Å². The van der Waals surface area contributed by atoms with Crippen molar-refractivity contribution in [2.75, 3.05) is 22.1 Å². The maximum atomic E-state index is 12.9. The number of nitrogens with zero attached hydrogens (tertiary/aromatic N) is 10. The largest absolute Gasteiger partial charge is 0.383 e. The summed E-state index contributed by atoms with van der Waals surface area (Å²) in [5, 5.41) is 17.6. The van der Waals surface area contributed by atoms with E-state index in [2.05, 4.69) is 78.9 Å². The first-order valence-electron chi connectivity index (χ1n) is 24.6. The molecule has 0 radical (unpaired) electrons. The van der Waals surface area contributed by atoms with Gasteiger partial charge in [0.1, 0.15) is 23.3 Å². The van der Waals surface area contributed by atoms with E-state index in [1.54, 1.807) is 21.8 Å². The molecule has 2 fully saturated rings. The molecule has 0 spiro atoms. The number of fused-ring (bicyclic) bond motifs is 2. The van der Waals surface area contributed by atoms with Crippen LogP contribution in [0, 0.1) is 25.7 Å². The quantitative estimate of drug-likeness (QED) is 0.0899. The zero-order valence-corrected chi connectivity index (χ0v) is 41.4. The summed E-state index contributed by atoms with van der Waals surface area (Å²) in [4.78, 5) is 53.4. The molecule has 0 saturated heterocycles. The number of nitrogen functional groups attached to an aromatic ring is 2. The van der Waals surface area contributed by atoms with Crippen molar-refractivity contribution < 1.29 is 9.59 Å². The number of nitrogens with one attached hydrogen (secondary N) is 2. The predicted octanol–water partition coefficient (Wildman–Crippen LogP) is 9.30. The summed E-state index contributed by atoms with van der Waals surface area (Å²) >= 11 is 0. The summed E-state index contributed by atoms with van der Waals surface area (Å²) in [5.74, 6) is 1.99. The first-order valence-corrected chi connectivity index (χ1v) is 24.6. The highest BCUT2D eigenvalue weighted by Crippen LogP contribution is 2.49. The second-order valence-electron chi connectivity index (χ2n) is 19.4. The Morgan fingerprint density at radius 3 is 1.38 bits per heavy atom. The van der Waals surface area contributed by atoms with Crippen molar-refractivity contribution in [2.45, 2.75) is 51.4 Å². The molecule has 2 aliphatic rings. The highest BCUT2D eigenvalue weighted by molar-refractivity contribution is 6.00. The molecule has 10 aromatic rings. The molecule has 4 atom stereocenters. The van der Waals surface area contributed by atoms with E-state index >= 15 is 0 Å². The third-order valence-corrected chi connectivity index (χ3v) is 14.0. The predicted molar refractivity (Wildman–Crippen MR) is 288 cm³/mol. The van der Waals surface area contributed by atoms with Gasteiger partial charge in [-0.3, -0.25) is 28.9 Å². The lowest BCUT2D eigenvalue weighted by molar-refractivity contribution is -0.118. The van der Waals surface area contributed by atoms with Gasteiger partial charge >= 0.3 is 0 Å². The zero-order chi connectivity index (χ0) is 51.0. The number of nitrogens with two attached hydrogens (primary N) is 2. The summed E-state index contributed by atoms with van der Waals surface area (Å²) in [6.07, 6.45) is 17.6. The molecule has 0 unspecified atom stereocenters. The SMILES string of the molecule is Cc1ccnc(Cc2ccccc2)c1-c1cc2cc(NC(=O)[C@@H]3C[C@H]3c3cnn(C)c3)ncc2c(N)n1.Cc1ccnc(Cc2ccccc2)c1-c1cc2cc(NC(=O)[C@H]3C[C@@H]3c3cnn(C)c3)ncc2c(N)n1. The molecule has 0 bridgehead atoms. The van der Waals surface area contributed by atoms with E-state index in [4.69, 9.17) is 21.4 Å². The van der Waals surface area contributed by atoms with Crippen molar-refractivity contribution in [3.05, 3.63) is 191 Å². The topological polar surface area (TPSA) is 223 Å². The molecule has 74 heavy (non-hydrogen) atoms. The van der Waals surface area contributed by atoms with E-state index in [0.29, 0.717) is 36.1 Å². The van der Waals surface area contributed by atoms with Crippen LogP contribution >= 0.6 is 0 Å². The van der Waals surface area contributed by atoms with Crippen LogP contribution in [-0.4, -0.2) is 61.3 Å². The third kappa shape index (κ3) is 10.0. The first kappa shape index (κ1) is 47.2. The van der Waals surface area contributed by atoms with E-state index in [0.717, 1.165) is 90.5 Å². The molecule has 16 nitrogen and oxygen atoms in total. The summed E-state index contributed by atoms with van der Waals surface area (Å²) < 4.78 is 3.53. The van der Waals surface area contributed by atoms with Gasteiger partial charge in [0.25, 0.3) is 0 Å². The monoisotopic (exact) mass is 978 g/mol. The van der Waals surface area contributed by atoms with E-state index in [1.807, 2.05) is 124 Å². The molecular weight excluding hydrogens is 925 g/mol. The van der Waals surface area contributed by atoms with Gasteiger partial charge in [-0.2, -0.15) is 10.2 Å². The molecule has 8 aromatic heterocycles. The fourth-order valence-corrected chi connectivity index (χ4v) is 9.92. The number of rotatable bonds is 12. The van der Waals surface area contributed by atoms with Gasteiger partial charge in [0.05, 0.1) is 35.2 Å². The van der Waals surface area contributed by atoms with Crippen molar-refractivity contribution in [3.63, 3.8) is 0 Å². The Morgan fingerprint density at radius 1 is 0.568 bits per heavy atom. The van der Waals surface area contributed by atoms with Gasteiger partial charge in [-0.05, 0) is 119 Å². The van der Waals surface area contributed by atoms with Crippen LogP contribution < -0.4 is 22.1 Å². The van der Waals surface area contributed by atoms with Crippen molar-refractivity contribution in [1.29, 1.82) is 0 Å². The van der Waals surface area contributed by atoms with Gasteiger partial charge in [0.2, 0.25) is 11.8 Å². The molecule has 2 amide bonds. The maximum absolute atomic E-state index is 12.9. The molecule has 2 saturated carbocycles. The Balaban J connectivity index is 0.000000159. The Bertz CT molecular complexity index is 3500. The highest BCUT2D eigenvalue weighted by atomic mass is 16.2. The highest BCUT2D eigenvalue weighted by Gasteiger charge is 2.45. The Kier molecular flexibility index (Phi) is 12.6. The van der Waals surface area contributed by atoms with Crippen molar-refractivity contribution in [3.8, 4) is 22.5 Å². The van der Waals surface area contributed by atoms with Crippen LogP contribution in [0.1, 0.15) is 69.4 Å². The average Bonchev–Trinajstić information content (AvgIpc) is 4.29. The number of pyridine rings is 6. The average molecular weight is 979 g/mol. The lowest BCUT2D eigenvalue weighted by Crippen LogP contribution is -2.15. The molecule has 368 valence electrons. The van der Waals surface area contributed by atoms with Gasteiger partial charge in [-0.25, -0.2) is 19.9 Å². The number of aryl methyl sites for hydroxylation is 4. The lowest BCUT2D eigenvalue weighted by Gasteiger charge is -2.14. The molecule has 16 heteroatoms. The van der Waals surface area contributed by atoms with Crippen molar-refractivity contribution in [2.24, 2.45) is 25.9 Å². The van der Waals surface area contributed by atoms with Gasteiger partial charge in [-0.15, -0.1) is 0 Å². The number of hydrogen-bond donors (Lipinski definition) is 4. The minimum absolute atomic E-state index is 0.0313. The Hall–Kier alpha value is -9.18. The van der Waals surface area contributed by atoms with Gasteiger partial charge in [0, 0.05) is 97.9 Å². The molecule has 0 aliphatic heterocycles. The first-order chi connectivity index (χ1) is 35.9. The number of anilines is 4. The maximum Gasteiger partial charge on any atom is 0.229 e. The molecule has 8 heterocycles. The molecule has 6 N–H and O–H groups in total. The zero-order valence-electron chi connectivity index (χ0n) is 41.4. The third-order valence-electron chi connectivity index (χ3n) is 14.0. The fraction of sp³-hybridized carbons (Fsp3) is 0.207. The van der Waals surface area contributed by atoms with Gasteiger partial charge in [-0.1, -0.05) is 60.7 Å². The minimum Gasteiger partial charge on any atom is -0.383 e. The molecule has 2 aliphatic carbocycles. The number of carbonyl (C=O) groups excluding carboxylic acids is 2. The van der Waals surface area contributed by atoms with Gasteiger partial charge in [0.15, 0.2) is 0 Å². The Labute approximate surface area is 427 Å². The summed E-state index contributed by atoms with van der Waals surface area (Å²) in [5.41, 5.74) is 24.8. The fourth-order valence-electron chi connectivity index (χ4n) is 9.92. The minimum atomic E-state index is -0.0710. The van der Waals surface area contributed by atoms with Crippen LogP contribution in [0.25, 0.3) is 44.1 Å². The lowest BCUT2D eigenvalue weighted by atomic mass is 9.98. The summed E-state index contributed by atoms with van der Waals surface area (Å²) in [7, 11) is 3.76. The Morgan fingerprint density at radius 2 is 0.986 bits per heavy atom. The van der Waals surface area contributed by atoms with E-state index in [9.17, 15) is 9.59 Å². The second kappa shape index (κ2) is 19.8. The molecular formula is C58H54N14O2. The van der Waals surface area contributed by atoms with Gasteiger partial charge < -0.3 is 22.1 Å². The number of benzene rings is 2. The van der Waals surface area contributed by atoms with Crippen molar-refractivity contribution >= 4 is 56.6 Å². The smallest absolute Gasteiger partial charge is 0.229 e.